The number of likely N-dealkylation sites (tertiary alicyclic amines) is 1. The Balaban J connectivity index is 0.00000280. The van der Waals surface area contributed by atoms with Crippen LogP contribution in [0.15, 0.2) is 59.6 Å². The smallest absolute Gasteiger partial charge is 0.191 e. The maximum absolute atomic E-state index is 6.22. The van der Waals surface area contributed by atoms with Gasteiger partial charge in [-0.3, -0.25) is 9.89 Å². The lowest BCUT2D eigenvalue weighted by molar-refractivity contribution is 0.198. The summed E-state index contributed by atoms with van der Waals surface area (Å²) in [7, 11) is 1.83. The molecule has 4 nitrogen and oxygen atoms in total. The van der Waals surface area contributed by atoms with Crippen LogP contribution >= 0.6 is 35.6 Å². The predicted molar refractivity (Wildman–Crippen MR) is 130 cm³/mol. The van der Waals surface area contributed by atoms with Crippen LogP contribution in [-0.4, -0.2) is 43.6 Å². The second-order valence-corrected chi connectivity index (χ2v) is 7.43. The number of aliphatic imine (C=N–C) groups is 1. The van der Waals surface area contributed by atoms with Crippen molar-refractivity contribution in [2.75, 3.05) is 26.7 Å². The molecule has 1 heterocycles. The van der Waals surface area contributed by atoms with Crippen LogP contribution < -0.4 is 10.6 Å². The molecule has 0 bridgehead atoms. The number of nitrogens with zero attached hydrogens (tertiary/aromatic N) is 2. The van der Waals surface area contributed by atoms with Gasteiger partial charge in [0.25, 0.3) is 0 Å². The molecule has 2 N–H and O–H groups in total. The molecule has 0 amide bonds. The summed E-state index contributed by atoms with van der Waals surface area (Å²) in [6, 6.07) is 19.2. The Hall–Kier alpha value is -1.31. The number of rotatable bonds is 6. The van der Waals surface area contributed by atoms with Crippen LogP contribution in [-0.2, 0) is 13.0 Å². The van der Waals surface area contributed by atoms with E-state index < -0.39 is 0 Å². The van der Waals surface area contributed by atoms with Gasteiger partial charge in [0.1, 0.15) is 0 Å². The predicted octanol–water partition coefficient (Wildman–Crippen LogP) is 4.33. The molecule has 152 valence electrons. The van der Waals surface area contributed by atoms with Crippen LogP contribution in [0.25, 0.3) is 0 Å². The first-order valence-corrected chi connectivity index (χ1v) is 10.1. The zero-order chi connectivity index (χ0) is 18.9. The average molecular weight is 513 g/mol. The van der Waals surface area contributed by atoms with Crippen LogP contribution in [0.5, 0.6) is 0 Å². The Morgan fingerprint density at radius 3 is 2.43 bits per heavy atom. The zero-order valence-corrected chi connectivity index (χ0v) is 19.5. The van der Waals surface area contributed by atoms with Crippen molar-refractivity contribution in [1.82, 2.24) is 15.5 Å². The summed E-state index contributed by atoms with van der Waals surface area (Å²) < 4.78 is 0. The van der Waals surface area contributed by atoms with Gasteiger partial charge in [-0.1, -0.05) is 60.1 Å². The second-order valence-electron chi connectivity index (χ2n) is 7.02. The van der Waals surface area contributed by atoms with E-state index in [1.165, 1.54) is 5.56 Å². The van der Waals surface area contributed by atoms with Crippen LogP contribution in [0.2, 0.25) is 5.02 Å². The van der Waals surface area contributed by atoms with Crippen LogP contribution in [0.3, 0.4) is 0 Å². The summed E-state index contributed by atoms with van der Waals surface area (Å²) >= 11 is 6.22. The Kier molecular flexibility index (Phi) is 10.1. The van der Waals surface area contributed by atoms with E-state index in [9.17, 15) is 0 Å². The minimum atomic E-state index is 0. The number of piperidine rings is 1. The SMILES string of the molecule is CN=C(NCCc1ccccc1Cl)NC1CCN(Cc2ccccc2)CC1.I. The summed E-state index contributed by atoms with van der Waals surface area (Å²) in [4.78, 5) is 6.90. The summed E-state index contributed by atoms with van der Waals surface area (Å²) in [6.45, 7) is 4.08. The third-order valence-corrected chi connectivity index (χ3v) is 5.41. The molecule has 2 aromatic carbocycles. The molecule has 3 rings (SSSR count). The quantitative estimate of drug-likeness (QED) is 0.344. The summed E-state index contributed by atoms with van der Waals surface area (Å²) in [6.07, 6.45) is 3.16. The van der Waals surface area contributed by atoms with Gasteiger partial charge in [0.05, 0.1) is 0 Å². The lowest BCUT2D eigenvalue weighted by Crippen LogP contribution is -2.48. The molecular weight excluding hydrogens is 483 g/mol. The third-order valence-electron chi connectivity index (χ3n) is 5.05. The van der Waals surface area contributed by atoms with E-state index in [0.717, 1.165) is 62.0 Å². The van der Waals surface area contributed by atoms with Gasteiger partial charge in [0, 0.05) is 44.3 Å². The fraction of sp³-hybridized carbons (Fsp3) is 0.409. The second kappa shape index (κ2) is 12.3. The van der Waals surface area contributed by atoms with Gasteiger partial charge in [0.15, 0.2) is 5.96 Å². The van der Waals surface area contributed by atoms with Crippen molar-refractivity contribution in [2.24, 2.45) is 4.99 Å². The molecule has 0 radical (unpaired) electrons. The minimum absolute atomic E-state index is 0. The van der Waals surface area contributed by atoms with E-state index in [4.69, 9.17) is 11.6 Å². The molecule has 0 aliphatic carbocycles. The fourth-order valence-electron chi connectivity index (χ4n) is 3.48. The van der Waals surface area contributed by atoms with Crippen molar-refractivity contribution >= 4 is 41.5 Å². The molecule has 1 aliphatic heterocycles. The number of benzene rings is 2. The van der Waals surface area contributed by atoms with Gasteiger partial charge >= 0.3 is 0 Å². The molecule has 1 saturated heterocycles. The molecule has 0 atom stereocenters. The van der Waals surface area contributed by atoms with Crippen molar-refractivity contribution in [1.29, 1.82) is 0 Å². The van der Waals surface area contributed by atoms with E-state index >= 15 is 0 Å². The lowest BCUT2D eigenvalue weighted by Gasteiger charge is -2.33. The molecule has 0 saturated carbocycles. The molecular formula is C22H30ClIN4. The number of hydrogen-bond donors (Lipinski definition) is 2. The first-order chi connectivity index (χ1) is 13.2. The van der Waals surface area contributed by atoms with E-state index in [2.05, 4.69) is 56.9 Å². The van der Waals surface area contributed by atoms with Gasteiger partial charge < -0.3 is 10.6 Å². The summed E-state index contributed by atoms with van der Waals surface area (Å²) in [5.74, 6) is 0.878. The van der Waals surface area contributed by atoms with Crippen LogP contribution in [0.1, 0.15) is 24.0 Å². The first-order valence-electron chi connectivity index (χ1n) is 9.71. The van der Waals surface area contributed by atoms with Gasteiger partial charge in [0.2, 0.25) is 0 Å². The third kappa shape index (κ3) is 7.26. The molecule has 0 spiro atoms. The van der Waals surface area contributed by atoms with E-state index in [1.807, 2.05) is 25.2 Å². The largest absolute Gasteiger partial charge is 0.356 e. The molecule has 28 heavy (non-hydrogen) atoms. The number of hydrogen-bond acceptors (Lipinski definition) is 2. The molecule has 0 unspecified atom stereocenters. The van der Waals surface area contributed by atoms with E-state index in [0.29, 0.717) is 6.04 Å². The summed E-state index contributed by atoms with van der Waals surface area (Å²) in [5, 5.41) is 7.81. The van der Waals surface area contributed by atoms with E-state index in [-0.39, 0.29) is 24.0 Å². The highest BCUT2D eigenvalue weighted by Crippen LogP contribution is 2.15. The van der Waals surface area contributed by atoms with Crippen LogP contribution in [0, 0.1) is 0 Å². The minimum Gasteiger partial charge on any atom is -0.356 e. The molecule has 0 aromatic heterocycles. The standard InChI is InChI=1S/C22H29ClN4.HI/c1-24-22(25-14-11-19-9-5-6-10-21(19)23)26-20-12-15-27(16-13-20)17-18-7-3-2-4-8-18;/h2-10,20H,11-17H2,1H3,(H2,24,25,26);1H. The summed E-state index contributed by atoms with van der Waals surface area (Å²) in [5.41, 5.74) is 2.55. The molecule has 6 heteroatoms. The lowest BCUT2D eigenvalue weighted by atomic mass is 10.0. The Morgan fingerprint density at radius 1 is 1.07 bits per heavy atom. The maximum Gasteiger partial charge on any atom is 0.191 e. The zero-order valence-electron chi connectivity index (χ0n) is 16.4. The van der Waals surface area contributed by atoms with Gasteiger partial charge in [-0.25, -0.2) is 0 Å². The average Bonchev–Trinajstić information content (AvgIpc) is 2.71. The Labute approximate surface area is 190 Å². The number of halogens is 2. The van der Waals surface area contributed by atoms with Crippen molar-refractivity contribution in [3.8, 4) is 0 Å². The fourth-order valence-corrected chi connectivity index (χ4v) is 3.71. The molecule has 1 aliphatic rings. The van der Waals surface area contributed by atoms with E-state index in [1.54, 1.807) is 0 Å². The highest BCUT2D eigenvalue weighted by molar-refractivity contribution is 14.0. The maximum atomic E-state index is 6.22. The highest BCUT2D eigenvalue weighted by atomic mass is 127. The Morgan fingerprint density at radius 2 is 1.75 bits per heavy atom. The first kappa shape index (κ1) is 23.0. The van der Waals surface area contributed by atoms with Crippen molar-refractivity contribution in [3.05, 3.63) is 70.7 Å². The van der Waals surface area contributed by atoms with Crippen molar-refractivity contribution in [3.63, 3.8) is 0 Å². The number of guanidine groups is 1. The van der Waals surface area contributed by atoms with Crippen molar-refractivity contribution < 1.29 is 0 Å². The normalized spacial score (nSPS) is 15.7. The van der Waals surface area contributed by atoms with Gasteiger partial charge in [-0.05, 0) is 36.5 Å². The number of nitrogens with one attached hydrogen (secondary N) is 2. The van der Waals surface area contributed by atoms with Crippen molar-refractivity contribution in [2.45, 2.75) is 31.8 Å². The topological polar surface area (TPSA) is 39.7 Å². The molecule has 1 fully saturated rings. The highest BCUT2D eigenvalue weighted by Gasteiger charge is 2.19. The monoisotopic (exact) mass is 512 g/mol. The van der Waals surface area contributed by atoms with Gasteiger partial charge in [-0.2, -0.15) is 0 Å². The van der Waals surface area contributed by atoms with Gasteiger partial charge in [-0.15, -0.1) is 24.0 Å². The Bertz CT molecular complexity index is 730. The van der Waals surface area contributed by atoms with Crippen LogP contribution in [0.4, 0.5) is 0 Å². The molecule has 2 aromatic rings.